The van der Waals surface area contributed by atoms with Crippen LogP contribution in [0.2, 0.25) is 0 Å². The third kappa shape index (κ3) is 31.1. The van der Waals surface area contributed by atoms with Crippen molar-refractivity contribution in [3.63, 3.8) is 0 Å². The first-order valence-corrected chi connectivity index (χ1v) is 14.5. The van der Waals surface area contributed by atoms with Crippen molar-refractivity contribution in [2.75, 3.05) is 19.4 Å². The lowest BCUT2D eigenvalue weighted by Crippen LogP contribution is -2.26. The van der Waals surface area contributed by atoms with E-state index in [0.29, 0.717) is 0 Å². The molecule has 0 fully saturated rings. The Bertz CT molecular complexity index is 522. The number of nitrogens with two attached hydrogens (primary N) is 1. The number of ether oxygens (including phenoxy) is 1. The van der Waals surface area contributed by atoms with Crippen molar-refractivity contribution in [1.82, 2.24) is 4.72 Å². The normalized spacial score (nSPS) is 11.3. The van der Waals surface area contributed by atoms with Gasteiger partial charge >= 0.3 is 6.09 Å². The maximum absolute atomic E-state index is 10.6. The van der Waals surface area contributed by atoms with E-state index < -0.39 is 16.1 Å². The average Bonchev–Trinajstić information content (AvgIpc) is 2.76. The van der Waals surface area contributed by atoms with Crippen molar-refractivity contribution in [2.45, 2.75) is 123 Å². The lowest BCUT2D eigenvalue weighted by molar-refractivity contribution is 0.163. The minimum atomic E-state index is -3.30. The monoisotopic (exact) mass is 476 g/mol. The molecule has 0 aliphatic heterocycles. The zero-order valence-electron chi connectivity index (χ0n) is 21.2. The highest BCUT2D eigenvalue weighted by atomic mass is 32.2. The SMILES string of the molecule is CC=CCCCCCCCCCCCCCCCCCC.CNS(=O)(=O)CCOC(N)=O. The molecule has 0 aromatic carbocycles. The molecule has 0 aromatic rings. The number of primary amides is 1. The molecule has 0 saturated carbocycles. The summed E-state index contributed by atoms with van der Waals surface area (Å²) in [6.07, 6.45) is 28.1. The molecule has 0 heterocycles. The summed E-state index contributed by atoms with van der Waals surface area (Å²) in [7, 11) is -2.02. The molecule has 0 atom stereocenters. The fourth-order valence-electron chi connectivity index (χ4n) is 3.33. The summed E-state index contributed by atoms with van der Waals surface area (Å²) in [5.74, 6) is -0.271. The number of allylic oxidation sites excluding steroid dienone is 2. The molecule has 192 valence electrons. The Labute approximate surface area is 199 Å². The van der Waals surface area contributed by atoms with Crippen molar-refractivity contribution in [1.29, 1.82) is 0 Å². The summed E-state index contributed by atoms with van der Waals surface area (Å²) in [5.41, 5.74) is 4.59. The molecule has 0 aliphatic rings. The first-order valence-electron chi connectivity index (χ1n) is 12.8. The predicted octanol–water partition coefficient (Wildman–Crippen LogP) is 6.85. The summed E-state index contributed by atoms with van der Waals surface area (Å²) in [6, 6.07) is 0. The maximum atomic E-state index is 10.6. The number of hydrogen-bond acceptors (Lipinski definition) is 4. The van der Waals surface area contributed by atoms with Gasteiger partial charge in [-0.3, -0.25) is 0 Å². The third-order valence-electron chi connectivity index (χ3n) is 5.37. The number of carbonyl (C=O) groups is 1. The van der Waals surface area contributed by atoms with Crippen LogP contribution in [0.1, 0.15) is 123 Å². The molecular formula is C25H52N2O4S. The quantitative estimate of drug-likeness (QED) is 0.140. The highest BCUT2D eigenvalue weighted by Crippen LogP contribution is 2.14. The molecule has 0 radical (unpaired) electrons. The van der Waals surface area contributed by atoms with Crippen LogP contribution in [-0.2, 0) is 14.8 Å². The Hall–Kier alpha value is -1.08. The number of amides is 1. The molecule has 6 nitrogen and oxygen atoms in total. The molecule has 1 amide bonds. The second-order valence-electron chi connectivity index (χ2n) is 8.35. The van der Waals surface area contributed by atoms with Crippen LogP contribution in [0.15, 0.2) is 12.2 Å². The van der Waals surface area contributed by atoms with E-state index in [-0.39, 0.29) is 12.4 Å². The molecule has 3 N–H and O–H groups in total. The minimum absolute atomic E-state index is 0.224. The van der Waals surface area contributed by atoms with Gasteiger partial charge in [0.1, 0.15) is 6.61 Å². The summed E-state index contributed by atoms with van der Waals surface area (Å²) in [4.78, 5) is 9.96. The number of hydrogen-bond donors (Lipinski definition) is 2. The number of unbranched alkanes of at least 4 members (excludes halogenated alkanes) is 16. The van der Waals surface area contributed by atoms with Gasteiger partial charge in [-0.05, 0) is 26.8 Å². The summed E-state index contributed by atoms with van der Waals surface area (Å²) < 4.78 is 27.5. The Kier molecular flexibility index (Phi) is 27.1. The molecule has 0 rings (SSSR count). The van der Waals surface area contributed by atoms with Crippen LogP contribution in [0.4, 0.5) is 4.79 Å². The highest BCUT2D eigenvalue weighted by Gasteiger charge is 2.06. The number of sulfonamides is 1. The van der Waals surface area contributed by atoms with E-state index in [0.717, 1.165) is 0 Å². The van der Waals surface area contributed by atoms with Gasteiger partial charge in [-0.1, -0.05) is 115 Å². The molecule has 0 aromatic heterocycles. The first-order chi connectivity index (χ1) is 15.4. The van der Waals surface area contributed by atoms with Gasteiger partial charge in [0, 0.05) is 0 Å². The zero-order chi connectivity index (χ0) is 24.3. The van der Waals surface area contributed by atoms with E-state index >= 15 is 0 Å². The van der Waals surface area contributed by atoms with Crippen molar-refractivity contribution in [2.24, 2.45) is 5.73 Å². The first kappa shape index (κ1) is 33.1. The van der Waals surface area contributed by atoms with Crippen LogP contribution >= 0.6 is 0 Å². The van der Waals surface area contributed by atoms with Gasteiger partial charge in [-0.2, -0.15) is 0 Å². The smallest absolute Gasteiger partial charge is 0.404 e. The number of carbonyl (C=O) groups excluding carboxylic acids is 1. The fourth-order valence-corrected chi connectivity index (χ4v) is 3.84. The van der Waals surface area contributed by atoms with Gasteiger partial charge in [-0.15, -0.1) is 0 Å². The second-order valence-corrected chi connectivity index (χ2v) is 10.4. The fraction of sp³-hybridized carbons (Fsp3) is 0.880. The van der Waals surface area contributed by atoms with Gasteiger partial charge in [0.25, 0.3) is 0 Å². The van der Waals surface area contributed by atoms with Crippen LogP contribution in [0.5, 0.6) is 0 Å². The Morgan fingerprint density at radius 2 is 1.22 bits per heavy atom. The third-order valence-corrected chi connectivity index (χ3v) is 6.69. The van der Waals surface area contributed by atoms with E-state index in [1.165, 1.54) is 116 Å². The van der Waals surface area contributed by atoms with E-state index in [2.05, 4.69) is 41.2 Å². The Morgan fingerprint density at radius 1 is 0.812 bits per heavy atom. The average molecular weight is 477 g/mol. The molecule has 0 saturated heterocycles. The lowest BCUT2D eigenvalue weighted by Gasteiger charge is -2.03. The minimum Gasteiger partial charge on any atom is -0.449 e. The van der Waals surface area contributed by atoms with Crippen molar-refractivity contribution in [3.05, 3.63) is 12.2 Å². The van der Waals surface area contributed by atoms with Crippen LogP contribution in [0.25, 0.3) is 0 Å². The van der Waals surface area contributed by atoms with Gasteiger partial charge < -0.3 is 10.5 Å². The molecule has 0 bridgehead atoms. The van der Waals surface area contributed by atoms with Crippen LogP contribution in [-0.4, -0.2) is 33.9 Å². The van der Waals surface area contributed by atoms with E-state index in [4.69, 9.17) is 0 Å². The van der Waals surface area contributed by atoms with Crippen LogP contribution < -0.4 is 10.5 Å². The van der Waals surface area contributed by atoms with Crippen molar-refractivity contribution in [3.8, 4) is 0 Å². The largest absolute Gasteiger partial charge is 0.449 e. The predicted molar refractivity (Wildman–Crippen MR) is 137 cm³/mol. The molecular weight excluding hydrogens is 424 g/mol. The topological polar surface area (TPSA) is 98.5 Å². The molecule has 0 aliphatic carbocycles. The molecule has 32 heavy (non-hydrogen) atoms. The van der Waals surface area contributed by atoms with E-state index in [1.807, 2.05) is 0 Å². The zero-order valence-corrected chi connectivity index (χ0v) is 22.0. The number of rotatable bonds is 21. The summed E-state index contributed by atoms with van der Waals surface area (Å²) >= 11 is 0. The van der Waals surface area contributed by atoms with Crippen LogP contribution in [0.3, 0.4) is 0 Å². The summed E-state index contributed by atoms with van der Waals surface area (Å²) in [5, 5.41) is 0. The number of nitrogens with one attached hydrogen (secondary N) is 1. The molecule has 0 spiro atoms. The summed E-state index contributed by atoms with van der Waals surface area (Å²) in [6.45, 7) is 4.19. The second kappa shape index (κ2) is 26.2. The van der Waals surface area contributed by atoms with Crippen LogP contribution in [0, 0.1) is 0 Å². The Balaban J connectivity index is 0. The molecule has 0 unspecified atom stereocenters. The van der Waals surface area contributed by atoms with Crippen molar-refractivity contribution >= 4 is 16.1 Å². The van der Waals surface area contributed by atoms with Gasteiger partial charge in [0.2, 0.25) is 10.0 Å². The highest BCUT2D eigenvalue weighted by molar-refractivity contribution is 7.89. The van der Waals surface area contributed by atoms with E-state index in [9.17, 15) is 13.2 Å². The lowest BCUT2D eigenvalue weighted by atomic mass is 10.0. The Morgan fingerprint density at radius 3 is 1.56 bits per heavy atom. The van der Waals surface area contributed by atoms with Crippen molar-refractivity contribution < 1.29 is 17.9 Å². The van der Waals surface area contributed by atoms with Gasteiger partial charge in [0.15, 0.2) is 0 Å². The molecule has 7 heteroatoms. The standard InChI is InChI=1S/C21H42.C4H10N2O4S/c1-3-5-7-9-11-13-15-17-19-21-20-18-16-14-12-10-8-6-4-2;1-6-11(8,9)3-2-10-4(5)7/h3,5H,4,6-21H2,1-2H3;6H,2-3H2,1H3,(H2,5,7). The maximum Gasteiger partial charge on any atom is 0.404 e. The van der Waals surface area contributed by atoms with Gasteiger partial charge in [-0.25, -0.2) is 17.9 Å². The van der Waals surface area contributed by atoms with Gasteiger partial charge in [0.05, 0.1) is 5.75 Å². The van der Waals surface area contributed by atoms with E-state index in [1.54, 1.807) is 0 Å².